The van der Waals surface area contributed by atoms with Crippen molar-refractivity contribution in [3.05, 3.63) is 18.2 Å². The molecule has 1 heterocycles. The number of rotatable bonds is 5. The monoisotopic (exact) mass is 234 g/mol. The molecule has 0 N–H and O–H groups in total. The molecule has 94 valence electrons. The molecule has 1 fully saturated rings. The number of Topliss-reactive ketones (excluding diaryl/α,β-unsaturated/α-hetero) is 1. The molecule has 0 aromatic carbocycles. The normalized spacial score (nSPS) is 17.2. The van der Waals surface area contributed by atoms with E-state index >= 15 is 0 Å². The van der Waals surface area contributed by atoms with Crippen LogP contribution in [0.2, 0.25) is 0 Å². The van der Waals surface area contributed by atoms with Crippen LogP contribution in [0.4, 0.5) is 0 Å². The molecular formula is C14H22N2O. The average molecular weight is 234 g/mol. The molecule has 17 heavy (non-hydrogen) atoms. The summed E-state index contributed by atoms with van der Waals surface area (Å²) in [4.78, 5) is 16.0. The van der Waals surface area contributed by atoms with Gasteiger partial charge in [-0.3, -0.25) is 4.79 Å². The Kier molecular flexibility index (Phi) is 4.35. The average Bonchev–Trinajstić information content (AvgIpc) is 2.74. The quantitative estimate of drug-likeness (QED) is 0.785. The van der Waals surface area contributed by atoms with Crippen LogP contribution in [-0.4, -0.2) is 15.3 Å². The molecule has 3 heteroatoms. The first kappa shape index (κ1) is 12.3. The molecule has 3 nitrogen and oxygen atoms in total. The van der Waals surface area contributed by atoms with E-state index in [2.05, 4.69) is 4.98 Å². The summed E-state index contributed by atoms with van der Waals surface area (Å²) >= 11 is 0. The summed E-state index contributed by atoms with van der Waals surface area (Å²) in [5.74, 6) is 2.03. The Morgan fingerprint density at radius 1 is 1.41 bits per heavy atom. The van der Waals surface area contributed by atoms with Gasteiger partial charge in [0.25, 0.3) is 0 Å². The molecule has 0 amide bonds. The number of aromatic nitrogens is 2. The Balaban J connectivity index is 1.72. The highest BCUT2D eigenvalue weighted by Crippen LogP contribution is 2.27. The summed E-state index contributed by atoms with van der Waals surface area (Å²) in [6, 6.07) is 0. The van der Waals surface area contributed by atoms with E-state index in [0.717, 1.165) is 24.6 Å². The van der Waals surface area contributed by atoms with Crippen LogP contribution in [0.1, 0.15) is 50.8 Å². The lowest BCUT2D eigenvalue weighted by Gasteiger charge is -2.20. The third kappa shape index (κ3) is 3.69. The highest BCUT2D eigenvalue weighted by Gasteiger charge is 2.15. The van der Waals surface area contributed by atoms with Crippen LogP contribution in [0.15, 0.2) is 12.4 Å². The fourth-order valence-corrected chi connectivity index (χ4v) is 2.67. The van der Waals surface area contributed by atoms with Crippen molar-refractivity contribution in [3.63, 3.8) is 0 Å². The van der Waals surface area contributed by atoms with E-state index in [-0.39, 0.29) is 0 Å². The number of ketones is 1. The van der Waals surface area contributed by atoms with Crippen molar-refractivity contribution in [1.29, 1.82) is 0 Å². The summed E-state index contributed by atoms with van der Waals surface area (Å²) in [7, 11) is 1.94. The highest BCUT2D eigenvalue weighted by atomic mass is 16.1. The van der Waals surface area contributed by atoms with Gasteiger partial charge < -0.3 is 4.57 Å². The minimum absolute atomic E-state index is 0.338. The SMILES string of the molecule is Cn1ccnc1CC(=O)CCC1CCCCC1. The molecule has 0 atom stereocenters. The molecule has 1 saturated carbocycles. The van der Waals surface area contributed by atoms with Gasteiger partial charge in [0.05, 0.1) is 6.42 Å². The molecule has 2 rings (SSSR count). The van der Waals surface area contributed by atoms with Crippen molar-refractivity contribution in [2.45, 2.75) is 51.4 Å². The van der Waals surface area contributed by atoms with Crippen molar-refractivity contribution in [1.82, 2.24) is 9.55 Å². The fourth-order valence-electron chi connectivity index (χ4n) is 2.67. The largest absolute Gasteiger partial charge is 0.338 e. The van der Waals surface area contributed by atoms with Crippen LogP contribution in [0.25, 0.3) is 0 Å². The molecule has 0 unspecified atom stereocenters. The zero-order valence-electron chi connectivity index (χ0n) is 10.7. The summed E-state index contributed by atoms with van der Waals surface area (Å²) in [5.41, 5.74) is 0. The van der Waals surface area contributed by atoms with Crippen LogP contribution >= 0.6 is 0 Å². The first-order valence-electron chi connectivity index (χ1n) is 6.73. The second kappa shape index (κ2) is 5.99. The van der Waals surface area contributed by atoms with Crippen LogP contribution < -0.4 is 0 Å². The summed E-state index contributed by atoms with van der Waals surface area (Å²) in [6.07, 6.45) is 12.7. The minimum atomic E-state index is 0.338. The Bertz CT molecular complexity index is 364. The Labute approximate surface area is 103 Å². The van der Waals surface area contributed by atoms with Gasteiger partial charge in [-0.25, -0.2) is 4.98 Å². The third-order valence-electron chi connectivity index (χ3n) is 3.83. The van der Waals surface area contributed by atoms with Gasteiger partial charge in [0, 0.05) is 25.9 Å². The summed E-state index contributed by atoms with van der Waals surface area (Å²) in [5, 5.41) is 0. The van der Waals surface area contributed by atoms with Crippen LogP contribution in [0.5, 0.6) is 0 Å². The zero-order chi connectivity index (χ0) is 12.1. The van der Waals surface area contributed by atoms with Crippen molar-refractivity contribution in [2.75, 3.05) is 0 Å². The molecule has 0 bridgehead atoms. The third-order valence-corrected chi connectivity index (χ3v) is 3.83. The number of hydrogen-bond acceptors (Lipinski definition) is 2. The van der Waals surface area contributed by atoms with Crippen molar-refractivity contribution >= 4 is 5.78 Å². The lowest BCUT2D eigenvalue weighted by atomic mass is 9.85. The van der Waals surface area contributed by atoms with Gasteiger partial charge in [-0.1, -0.05) is 32.1 Å². The second-order valence-electron chi connectivity index (χ2n) is 5.21. The second-order valence-corrected chi connectivity index (χ2v) is 5.21. The van der Waals surface area contributed by atoms with E-state index < -0.39 is 0 Å². The van der Waals surface area contributed by atoms with Crippen molar-refractivity contribution < 1.29 is 4.79 Å². The van der Waals surface area contributed by atoms with Gasteiger partial charge >= 0.3 is 0 Å². The molecule has 0 spiro atoms. The Morgan fingerprint density at radius 3 is 2.82 bits per heavy atom. The minimum Gasteiger partial charge on any atom is -0.338 e. The van der Waals surface area contributed by atoms with E-state index in [1.54, 1.807) is 6.20 Å². The maximum Gasteiger partial charge on any atom is 0.140 e. The molecule has 0 radical (unpaired) electrons. The molecule has 1 aliphatic rings. The number of hydrogen-bond donors (Lipinski definition) is 0. The molecule has 0 aliphatic heterocycles. The first-order chi connectivity index (χ1) is 8.25. The smallest absolute Gasteiger partial charge is 0.140 e. The summed E-state index contributed by atoms with van der Waals surface area (Å²) < 4.78 is 1.93. The summed E-state index contributed by atoms with van der Waals surface area (Å²) in [6.45, 7) is 0. The molecule has 1 aromatic heterocycles. The van der Waals surface area contributed by atoms with Crippen molar-refractivity contribution in [2.24, 2.45) is 13.0 Å². The molecule has 0 saturated heterocycles. The van der Waals surface area contributed by atoms with Gasteiger partial charge in [-0.2, -0.15) is 0 Å². The van der Waals surface area contributed by atoms with E-state index in [0.29, 0.717) is 12.2 Å². The maximum absolute atomic E-state index is 11.9. The predicted molar refractivity (Wildman–Crippen MR) is 67.7 cm³/mol. The van der Waals surface area contributed by atoms with Gasteiger partial charge in [0.1, 0.15) is 11.6 Å². The highest BCUT2D eigenvalue weighted by molar-refractivity contribution is 5.80. The van der Waals surface area contributed by atoms with E-state index in [1.807, 2.05) is 17.8 Å². The van der Waals surface area contributed by atoms with Crippen LogP contribution in [-0.2, 0) is 18.3 Å². The number of aryl methyl sites for hydroxylation is 1. The first-order valence-corrected chi connectivity index (χ1v) is 6.73. The predicted octanol–water partition coefficient (Wildman–Crippen LogP) is 2.89. The molecular weight excluding hydrogens is 212 g/mol. The van der Waals surface area contributed by atoms with Crippen LogP contribution in [0.3, 0.4) is 0 Å². The lowest BCUT2D eigenvalue weighted by Crippen LogP contribution is -2.12. The van der Waals surface area contributed by atoms with E-state index in [1.165, 1.54) is 32.1 Å². The molecule has 1 aromatic rings. The maximum atomic E-state index is 11.9. The van der Waals surface area contributed by atoms with E-state index in [4.69, 9.17) is 0 Å². The standard InChI is InChI=1S/C14H22N2O/c1-16-10-9-15-14(16)11-13(17)8-7-12-5-3-2-4-6-12/h9-10,12H,2-8,11H2,1H3. The van der Waals surface area contributed by atoms with Gasteiger partial charge in [-0.15, -0.1) is 0 Å². The topological polar surface area (TPSA) is 34.9 Å². The fraction of sp³-hybridized carbons (Fsp3) is 0.714. The zero-order valence-corrected chi connectivity index (χ0v) is 10.7. The Hall–Kier alpha value is -1.12. The van der Waals surface area contributed by atoms with Gasteiger partial charge in [-0.05, 0) is 12.3 Å². The Morgan fingerprint density at radius 2 is 2.18 bits per heavy atom. The van der Waals surface area contributed by atoms with Gasteiger partial charge in [0.2, 0.25) is 0 Å². The van der Waals surface area contributed by atoms with E-state index in [9.17, 15) is 4.79 Å². The lowest BCUT2D eigenvalue weighted by molar-refractivity contribution is -0.118. The number of nitrogens with zero attached hydrogens (tertiary/aromatic N) is 2. The number of carbonyl (C=O) groups is 1. The number of imidazole rings is 1. The van der Waals surface area contributed by atoms with Gasteiger partial charge in [0.15, 0.2) is 0 Å². The number of carbonyl (C=O) groups excluding carboxylic acids is 1. The van der Waals surface area contributed by atoms with Crippen LogP contribution in [0, 0.1) is 5.92 Å². The molecule has 1 aliphatic carbocycles. The van der Waals surface area contributed by atoms with Crippen molar-refractivity contribution in [3.8, 4) is 0 Å².